The van der Waals surface area contributed by atoms with Gasteiger partial charge in [0.1, 0.15) is 11.9 Å². The van der Waals surface area contributed by atoms with Gasteiger partial charge in [-0.25, -0.2) is 4.39 Å². The molecule has 3 aromatic carbocycles. The van der Waals surface area contributed by atoms with Gasteiger partial charge in [-0.2, -0.15) is 4.98 Å². The standard InChI is InChI=1S/C24H20FN3O2/c1-16-8-7-11-18(14-16)22-27-24(30-28-22)21(15-17-9-3-2-4-10-17)26-23(29)19-12-5-6-13-20(19)25/h2-14,21H,15H2,1H3,(H,26,29). The molecule has 30 heavy (non-hydrogen) atoms. The molecule has 0 aliphatic rings. The van der Waals surface area contributed by atoms with Crippen LogP contribution in [0.25, 0.3) is 11.4 Å². The number of amides is 1. The van der Waals surface area contributed by atoms with Gasteiger partial charge in [-0.05, 0) is 30.7 Å². The lowest BCUT2D eigenvalue weighted by molar-refractivity contribution is 0.0924. The Labute approximate surface area is 173 Å². The second kappa shape index (κ2) is 8.69. The summed E-state index contributed by atoms with van der Waals surface area (Å²) >= 11 is 0. The molecule has 1 heterocycles. The van der Waals surface area contributed by atoms with E-state index < -0.39 is 17.8 Å². The van der Waals surface area contributed by atoms with Gasteiger partial charge in [0.2, 0.25) is 11.7 Å². The van der Waals surface area contributed by atoms with E-state index in [1.54, 1.807) is 12.1 Å². The third-order valence-electron chi connectivity index (χ3n) is 4.72. The van der Waals surface area contributed by atoms with Crippen LogP contribution >= 0.6 is 0 Å². The molecule has 0 radical (unpaired) electrons. The van der Waals surface area contributed by atoms with E-state index in [9.17, 15) is 9.18 Å². The number of aryl methyl sites for hydroxylation is 1. The Morgan fingerprint density at radius 3 is 2.57 bits per heavy atom. The van der Waals surface area contributed by atoms with Crippen LogP contribution in [0.4, 0.5) is 4.39 Å². The van der Waals surface area contributed by atoms with Gasteiger partial charge in [-0.1, -0.05) is 71.4 Å². The number of hydrogen-bond acceptors (Lipinski definition) is 4. The molecule has 1 aromatic heterocycles. The maximum absolute atomic E-state index is 14.1. The number of halogens is 1. The molecule has 1 amide bonds. The summed E-state index contributed by atoms with van der Waals surface area (Å²) in [5, 5.41) is 6.92. The van der Waals surface area contributed by atoms with Crippen molar-refractivity contribution in [1.29, 1.82) is 0 Å². The second-order valence-corrected chi connectivity index (χ2v) is 7.02. The van der Waals surface area contributed by atoms with Gasteiger partial charge in [0.05, 0.1) is 5.56 Å². The molecule has 0 saturated heterocycles. The first kappa shape index (κ1) is 19.5. The number of nitrogens with zero attached hydrogens (tertiary/aromatic N) is 2. The first-order valence-electron chi connectivity index (χ1n) is 9.60. The minimum absolute atomic E-state index is 0.0333. The SMILES string of the molecule is Cc1cccc(-c2noc(C(Cc3ccccc3)NC(=O)c3ccccc3F)n2)c1. The fourth-order valence-electron chi connectivity index (χ4n) is 3.21. The lowest BCUT2D eigenvalue weighted by Gasteiger charge is -2.15. The Kier molecular flexibility index (Phi) is 5.66. The van der Waals surface area contributed by atoms with Crippen molar-refractivity contribution in [3.05, 3.63) is 107 Å². The smallest absolute Gasteiger partial charge is 0.254 e. The van der Waals surface area contributed by atoms with Crippen molar-refractivity contribution in [3.8, 4) is 11.4 Å². The number of hydrogen-bond donors (Lipinski definition) is 1. The number of benzene rings is 3. The monoisotopic (exact) mass is 401 g/mol. The Bertz CT molecular complexity index is 1160. The summed E-state index contributed by atoms with van der Waals surface area (Å²) in [5.74, 6) is -0.421. The van der Waals surface area contributed by atoms with Crippen LogP contribution in [0.5, 0.6) is 0 Å². The van der Waals surface area contributed by atoms with E-state index in [4.69, 9.17) is 4.52 Å². The number of rotatable bonds is 6. The third kappa shape index (κ3) is 4.43. The zero-order chi connectivity index (χ0) is 20.9. The highest BCUT2D eigenvalue weighted by atomic mass is 19.1. The summed E-state index contributed by atoms with van der Waals surface area (Å²) in [6, 6.07) is 22.6. The summed E-state index contributed by atoms with van der Waals surface area (Å²) in [6.07, 6.45) is 0.427. The van der Waals surface area contributed by atoms with Gasteiger partial charge >= 0.3 is 0 Å². The highest BCUT2D eigenvalue weighted by Gasteiger charge is 2.24. The molecule has 0 bridgehead atoms. The van der Waals surface area contributed by atoms with Crippen molar-refractivity contribution in [1.82, 2.24) is 15.5 Å². The predicted octanol–water partition coefficient (Wildman–Crippen LogP) is 4.90. The first-order chi connectivity index (χ1) is 14.6. The molecule has 150 valence electrons. The van der Waals surface area contributed by atoms with Crippen LogP contribution in [0.3, 0.4) is 0 Å². The number of carbonyl (C=O) groups excluding carboxylic acids is 1. The predicted molar refractivity (Wildman–Crippen MR) is 111 cm³/mol. The maximum Gasteiger partial charge on any atom is 0.254 e. The van der Waals surface area contributed by atoms with E-state index in [0.717, 1.165) is 16.7 Å². The normalized spacial score (nSPS) is 11.8. The van der Waals surface area contributed by atoms with Crippen molar-refractivity contribution in [2.45, 2.75) is 19.4 Å². The lowest BCUT2D eigenvalue weighted by atomic mass is 10.0. The van der Waals surface area contributed by atoms with Crippen LogP contribution in [0.2, 0.25) is 0 Å². The molecule has 1 N–H and O–H groups in total. The third-order valence-corrected chi connectivity index (χ3v) is 4.72. The van der Waals surface area contributed by atoms with Crippen LogP contribution in [-0.2, 0) is 6.42 Å². The molecule has 0 fully saturated rings. The largest absolute Gasteiger partial charge is 0.340 e. The van der Waals surface area contributed by atoms with Crippen LogP contribution in [0, 0.1) is 12.7 Å². The molecular formula is C24H20FN3O2. The molecule has 5 nitrogen and oxygen atoms in total. The maximum atomic E-state index is 14.1. The number of nitrogens with one attached hydrogen (secondary N) is 1. The van der Waals surface area contributed by atoms with Crippen LogP contribution in [0.15, 0.2) is 83.4 Å². The van der Waals surface area contributed by atoms with Gasteiger partial charge < -0.3 is 9.84 Å². The van der Waals surface area contributed by atoms with Crippen molar-refractivity contribution in [2.75, 3.05) is 0 Å². The fraction of sp³-hybridized carbons (Fsp3) is 0.125. The van der Waals surface area contributed by atoms with E-state index in [1.165, 1.54) is 12.1 Å². The van der Waals surface area contributed by atoms with Crippen molar-refractivity contribution < 1.29 is 13.7 Å². The van der Waals surface area contributed by atoms with E-state index in [0.29, 0.717) is 12.2 Å². The summed E-state index contributed by atoms with van der Waals surface area (Å²) in [6.45, 7) is 1.98. The molecule has 4 aromatic rings. The Morgan fingerprint density at radius 2 is 1.80 bits per heavy atom. The van der Waals surface area contributed by atoms with Crippen molar-refractivity contribution in [3.63, 3.8) is 0 Å². The van der Waals surface area contributed by atoms with E-state index in [2.05, 4.69) is 15.5 Å². The molecule has 0 aliphatic carbocycles. The minimum Gasteiger partial charge on any atom is -0.340 e. The number of aromatic nitrogens is 2. The highest BCUT2D eigenvalue weighted by molar-refractivity contribution is 5.94. The number of carbonyl (C=O) groups is 1. The molecule has 0 spiro atoms. The quantitative estimate of drug-likeness (QED) is 0.499. The Hall–Kier alpha value is -3.80. The summed E-state index contributed by atoms with van der Waals surface area (Å²) in [4.78, 5) is 17.2. The topological polar surface area (TPSA) is 68.0 Å². The summed E-state index contributed by atoms with van der Waals surface area (Å²) < 4.78 is 19.6. The van der Waals surface area contributed by atoms with Gasteiger partial charge in [0.15, 0.2) is 0 Å². The zero-order valence-electron chi connectivity index (χ0n) is 16.4. The molecular weight excluding hydrogens is 381 g/mol. The lowest BCUT2D eigenvalue weighted by Crippen LogP contribution is -2.30. The van der Waals surface area contributed by atoms with E-state index >= 15 is 0 Å². The first-order valence-corrected chi connectivity index (χ1v) is 9.60. The van der Waals surface area contributed by atoms with Crippen molar-refractivity contribution >= 4 is 5.91 Å². The summed E-state index contributed by atoms with van der Waals surface area (Å²) in [5.41, 5.74) is 2.84. The highest BCUT2D eigenvalue weighted by Crippen LogP contribution is 2.23. The zero-order valence-corrected chi connectivity index (χ0v) is 16.4. The second-order valence-electron chi connectivity index (χ2n) is 7.02. The van der Waals surface area contributed by atoms with Crippen LogP contribution in [0.1, 0.15) is 33.4 Å². The van der Waals surface area contributed by atoms with Gasteiger partial charge in [-0.3, -0.25) is 4.79 Å². The fourth-order valence-corrected chi connectivity index (χ4v) is 3.21. The molecule has 4 rings (SSSR count). The van der Waals surface area contributed by atoms with E-state index in [-0.39, 0.29) is 11.5 Å². The Balaban J connectivity index is 1.64. The molecule has 1 unspecified atom stereocenters. The average Bonchev–Trinajstić information content (AvgIpc) is 3.25. The average molecular weight is 401 g/mol. The molecule has 0 saturated carbocycles. The van der Waals surface area contributed by atoms with Gasteiger partial charge in [0.25, 0.3) is 5.91 Å². The van der Waals surface area contributed by atoms with Gasteiger partial charge in [0, 0.05) is 12.0 Å². The van der Waals surface area contributed by atoms with Crippen molar-refractivity contribution in [2.24, 2.45) is 0 Å². The van der Waals surface area contributed by atoms with Crippen LogP contribution in [-0.4, -0.2) is 16.0 Å². The molecule has 1 atom stereocenters. The van der Waals surface area contributed by atoms with E-state index in [1.807, 2.05) is 61.5 Å². The molecule has 0 aliphatic heterocycles. The summed E-state index contributed by atoms with van der Waals surface area (Å²) in [7, 11) is 0. The van der Waals surface area contributed by atoms with Crippen LogP contribution < -0.4 is 5.32 Å². The van der Waals surface area contributed by atoms with Gasteiger partial charge in [-0.15, -0.1) is 0 Å². The molecule has 6 heteroatoms. The Morgan fingerprint density at radius 1 is 1.03 bits per heavy atom. The minimum atomic E-state index is -0.606.